The fourth-order valence-corrected chi connectivity index (χ4v) is 3.98. The highest BCUT2D eigenvalue weighted by Crippen LogP contribution is 2.34. The highest BCUT2D eigenvalue weighted by molar-refractivity contribution is 5.92. The molecule has 0 N–H and O–H groups in total. The van der Waals surface area contributed by atoms with E-state index < -0.39 is 0 Å². The number of aromatic nitrogens is 2. The highest BCUT2D eigenvalue weighted by atomic mass is 16.2. The first-order valence-electron chi connectivity index (χ1n) is 8.58. The summed E-state index contributed by atoms with van der Waals surface area (Å²) in [5, 5.41) is 0. The third-order valence-corrected chi connectivity index (χ3v) is 5.52. The van der Waals surface area contributed by atoms with Gasteiger partial charge in [0.2, 0.25) is 5.91 Å². The Hall–Kier alpha value is -1.98. The van der Waals surface area contributed by atoms with Crippen LogP contribution < -0.4 is 0 Å². The third kappa shape index (κ3) is 2.71. The van der Waals surface area contributed by atoms with Crippen molar-refractivity contribution >= 4 is 11.8 Å². The Morgan fingerprint density at radius 2 is 1.91 bits per heavy atom. The maximum Gasteiger partial charge on any atom is 0.274 e. The van der Waals surface area contributed by atoms with E-state index in [-0.39, 0.29) is 17.9 Å². The van der Waals surface area contributed by atoms with E-state index in [2.05, 4.69) is 14.9 Å². The first-order valence-corrected chi connectivity index (χ1v) is 8.58. The molecular formula is C17H22N4O2. The van der Waals surface area contributed by atoms with Gasteiger partial charge < -0.3 is 9.80 Å². The van der Waals surface area contributed by atoms with E-state index in [1.54, 1.807) is 12.4 Å². The zero-order chi connectivity index (χ0) is 15.8. The van der Waals surface area contributed by atoms with Crippen molar-refractivity contribution in [2.24, 2.45) is 11.8 Å². The number of piperidine rings is 1. The number of carbonyl (C=O) groups excluding carboxylic acids is 2. The molecule has 2 atom stereocenters. The first-order chi connectivity index (χ1) is 11.2. The largest absolute Gasteiger partial charge is 0.337 e. The van der Waals surface area contributed by atoms with Crippen LogP contribution in [0.15, 0.2) is 18.6 Å². The lowest BCUT2D eigenvalue weighted by atomic mass is 9.83. The van der Waals surface area contributed by atoms with Gasteiger partial charge in [-0.3, -0.25) is 14.6 Å². The van der Waals surface area contributed by atoms with Crippen molar-refractivity contribution in [3.63, 3.8) is 0 Å². The number of rotatable bonds is 2. The molecule has 3 saturated heterocycles. The quantitative estimate of drug-likeness (QED) is 0.826. The summed E-state index contributed by atoms with van der Waals surface area (Å²) in [6.07, 6.45) is 10.00. The van der Waals surface area contributed by atoms with Crippen molar-refractivity contribution in [2.75, 3.05) is 19.6 Å². The Kier molecular flexibility index (Phi) is 3.75. The van der Waals surface area contributed by atoms with Crippen LogP contribution in [0.25, 0.3) is 0 Å². The molecule has 0 unspecified atom stereocenters. The van der Waals surface area contributed by atoms with Gasteiger partial charge in [-0.05, 0) is 31.6 Å². The van der Waals surface area contributed by atoms with Crippen molar-refractivity contribution in [3.8, 4) is 0 Å². The van der Waals surface area contributed by atoms with E-state index in [0.29, 0.717) is 24.1 Å². The molecule has 2 bridgehead atoms. The predicted octanol–water partition coefficient (Wildman–Crippen LogP) is 1.34. The van der Waals surface area contributed by atoms with Crippen molar-refractivity contribution in [1.29, 1.82) is 0 Å². The van der Waals surface area contributed by atoms with Gasteiger partial charge in [-0.2, -0.15) is 0 Å². The molecule has 6 nitrogen and oxygen atoms in total. The summed E-state index contributed by atoms with van der Waals surface area (Å²) in [5.74, 6) is 0.879. The smallest absolute Gasteiger partial charge is 0.274 e. The minimum absolute atomic E-state index is 0.0621. The molecule has 6 heteroatoms. The van der Waals surface area contributed by atoms with Gasteiger partial charge in [-0.15, -0.1) is 0 Å². The lowest BCUT2D eigenvalue weighted by Crippen LogP contribution is -2.50. The van der Waals surface area contributed by atoms with Gasteiger partial charge in [0.25, 0.3) is 5.91 Å². The first kappa shape index (κ1) is 14.6. The molecule has 1 aromatic heterocycles. The van der Waals surface area contributed by atoms with Crippen LogP contribution in [-0.4, -0.2) is 57.3 Å². The summed E-state index contributed by atoms with van der Waals surface area (Å²) in [6, 6.07) is 0.169. The summed E-state index contributed by atoms with van der Waals surface area (Å²) < 4.78 is 0. The molecule has 1 aromatic rings. The molecule has 4 heterocycles. The molecule has 122 valence electrons. The van der Waals surface area contributed by atoms with Crippen molar-refractivity contribution in [3.05, 3.63) is 24.3 Å². The maximum atomic E-state index is 12.7. The Morgan fingerprint density at radius 1 is 1.04 bits per heavy atom. The van der Waals surface area contributed by atoms with Crippen LogP contribution in [0.2, 0.25) is 0 Å². The third-order valence-electron chi connectivity index (χ3n) is 5.52. The fourth-order valence-electron chi connectivity index (χ4n) is 3.98. The van der Waals surface area contributed by atoms with E-state index in [4.69, 9.17) is 0 Å². The second-order valence-electron chi connectivity index (χ2n) is 7.02. The van der Waals surface area contributed by atoms with Gasteiger partial charge >= 0.3 is 0 Å². The molecule has 0 spiro atoms. The van der Waals surface area contributed by atoms with Crippen LogP contribution in [0.3, 0.4) is 0 Å². The average molecular weight is 314 g/mol. The molecule has 1 aliphatic carbocycles. The summed E-state index contributed by atoms with van der Waals surface area (Å²) >= 11 is 0. The second kappa shape index (κ2) is 5.91. The van der Waals surface area contributed by atoms with Gasteiger partial charge in [0.15, 0.2) is 0 Å². The van der Waals surface area contributed by atoms with E-state index in [1.807, 2.05) is 4.90 Å². The van der Waals surface area contributed by atoms with Gasteiger partial charge in [0.05, 0.1) is 6.20 Å². The van der Waals surface area contributed by atoms with Gasteiger partial charge in [0.1, 0.15) is 5.69 Å². The lowest BCUT2D eigenvalue weighted by Gasteiger charge is -2.40. The molecule has 3 aliphatic heterocycles. The Balaban J connectivity index is 1.51. The van der Waals surface area contributed by atoms with Crippen LogP contribution in [-0.2, 0) is 4.79 Å². The minimum Gasteiger partial charge on any atom is -0.337 e. The molecule has 0 aromatic carbocycles. The number of carbonyl (C=O) groups is 2. The van der Waals surface area contributed by atoms with Gasteiger partial charge in [-0.1, -0.05) is 6.42 Å². The van der Waals surface area contributed by atoms with Gasteiger partial charge in [0, 0.05) is 44.0 Å². The standard InChI is InChI=1S/C17H22N4O2/c22-16(13-2-1-3-13)21-10-12-4-5-14(21)11-20(9-12)17(23)15-8-18-6-7-19-15/h6-8,12-14H,1-5,9-11H2/t12-,14+/m0/s1. The normalized spacial score (nSPS) is 27.5. The monoisotopic (exact) mass is 314 g/mol. The van der Waals surface area contributed by atoms with E-state index in [9.17, 15) is 9.59 Å². The predicted molar refractivity (Wildman–Crippen MR) is 83.5 cm³/mol. The van der Waals surface area contributed by atoms with Crippen molar-refractivity contribution in [2.45, 2.75) is 38.1 Å². The fraction of sp³-hybridized carbons (Fsp3) is 0.647. The topological polar surface area (TPSA) is 66.4 Å². The van der Waals surface area contributed by atoms with E-state index in [0.717, 1.165) is 38.8 Å². The Morgan fingerprint density at radius 3 is 2.61 bits per heavy atom. The number of fused-ring (bicyclic) bond motifs is 4. The Bertz CT molecular complexity index is 602. The molecule has 1 saturated carbocycles. The molecule has 5 rings (SSSR count). The van der Waals surface area contributed by atoms with Gasteiger partial charge in [-0.25, -0.2) is 4.98 Å². The minimum atomic E-state index is -0.0621. The molecule has 2 amide bonds. The van der Waals surface area contributed by atoms with Crippen LogP contribution in [0.1, 0.15) is 42.6 Å². The van der Waals surface area contributed by atoms with Crippen LogP contribution in [0.5, 0.6) is 0 Å². The van der Waals surface area contributed by atoms with Crippen LogP contribution in [0.4, 0.5) is 0 Å². The SMILES string of the molecule is O=C(c1cnccn1)N1C[C@@H]2CC[C@H](C1)N(C(=O)C1CCC1)C2. The zero-order valence-electron chi connectivity index (χ0n) is 13.2. The molecule has 23 heavy (non-hydrogen) atoms. The number of nitrogens with zero attached hydrogens (tertiary/aromatic N) is 4. The van der Waals surface area contributed by atoms with Crippen molar-refractivity contribution < 1.29 is 9.59 Å². The molecule has 0 radical (unpaired) electrons. The molecular weight excluding hydrogens is 292 g/mol. The van der Waals surface area contributed by atoms with E-state index >= 15 is 0 Å². The molecule has 4 fully saturated rings. The van der Waals surface area contributed by atoms with Crippen LogP contribution >= 0.6 is 0 Å². The summed E-state index contributed by atoms with van der Waals surface area (Å²) in [6.45, 7) is 2.16. The van der Waals surface area contributed by atoms with Crippen molar-refractivity contribution in [1.82, 2.24) is 19.8 Å². The summed E-state index contributed by atoms with van der Waals surface area (Å²) in [4.78, 5) is 37.4. The molecule has 4 aliphatic rings. The summed E-state index contributed by atoms with van der Waals surface area (Å²) in [5.41, 5.74) is 0.394. The number of amides is 2. The summed E-state index contributed by atoms with van der Waals surface area (Å²) in [7, 11) is 0. The lowest BCUT2D eigenvalue weighted by molar-refractivity contribution is -0.142. The second-order valence-corrected chi connectivity index (χ2v) is 7.02. The average Bonchev–Trinajstić information content (AvgIpc) is 2.85. The maximum absolute atomic E-state index is 12.7. The number of hydrogen-bond donors (Lipinski definition) is 0. The highest BCUT2D eigenvalue weighted by Gasteiger charge is 2.41. The van der Waals surface area contributed by atoms with E-state index in [1.165, 1.54) is 12.6 Å². The zero-order valence-corrected chi connectivity index (χ0v) is 13.2. The number of hydrogen-bond acceptors (Lipinski definition) is 4. The Labute approximate surface area is 135 Å². The van der Waals surface area contributed by atoms with Crippen LogP contribution in [0, 0.1) is 11.8 Å².